The van der Waals surface area contributed by atoms with Gasteiger partial charge in [0.15, 0.2) is 5.17 Å². The van der Waals surface area contributed by atoms with E-state index in [-0.39, 0.29) is 11.6 Å². The van der Waals surface area contributed by atoms with E-state index in [1.807, 2.05) is 45.9 Å². The highest BCUT2D eigenvalue weighted by Crippen LogP contribution is 2.35. The molecule has 0 saturated carbocycles. The van der Waals surface area contributed by atoms with Gasteiger partial charge in [-0.2, -0.15) is 0 Å². The number of benzene rings is 2. The van der Waals surface area contributed by atoms with Crippen molar-refractivity contribution in [2.75, 3.05) is 0 Å². The van der Waals surface area contributed by atoms with Crippen molar-refractivity contribution in [1.29, 1.82) is 0 Å². The predicted octanol–water partition coefficient (Wildman–Crippen LogP) is 5.98. The first-order valence-electron chi connectivity index (χ1n) is 9.94. The molecule has 32 heavy (non-hydrogen) atoms. The highest BCUT2D eigenvalue weighted by atomic mass is 32.2. The topological polar surface area (TPSA) is 97.7 Å². The molecule has 1 aromatic heterocycles. The number of aliphatic imine (C=N–C) groups is 1. The lowest BCUT2D eigenvalue weighted by Gasteiger charge is -2.04. The lowest BCUT2D eigenvalue weighted by atomic mass is 10.0. The number of thioether (sulfide) groups is 1. The van der Waals surface area contributed by atoms with Gasteiger partial charge in [0.2, 0.25) is 0 Å². The van der Waals surface area contributed by atoms with Crippen LogP contribution in [-0.4, -0.2) is 16.0 Å². The average molecular weight is 448 g/mol. The number of nitrogens with zero attached hydrogens (tertiary/aromatic N) is 2. The fourth-order valence-corrected chi connectivity index (χ4v) is 4.19. The van der Waals surface area contributed by atoms with E-state index in [2.05, 4.69) is 10.3 Å². The van der Waals surface area contributed by atoms with E-state index in [9.17, 15) is 14.9 Å². The van der Waals surface area contributed by atoms with Gasteiger partial charge in [-0.25, -0.2) is 4.99 Å². The maximum atomic E-state index is 12.4. The number of nitrogens with one attached hydrogen (secondary N) is 1. The summed E-state index contributed by atoms with van der Waals surface area (Å²) in [6, 6.07) is 12.6. The maximum Gasteiger partial charge on any atom is 0.280 e. The van der Waals surface area contributed by atoms with E-state index < -0.39 is 4.92 Å². The quantitative estimate of drug-likeness (QED) is 0.301. The van der Waals surface area contributed by atoms with Gasteiger partial charge in [0.1, 0.15) is 11.5 Å². The number of aryl methyl sites for hydroxylation is 4. The van der Waals surface area contributed by atoms with Crippen LogP contribution in [0.3, 0.4) is 0 Å². The fraction of sp³-hybridized carbons (Fsp3) is 0.167. The molecule has 0 radical (unpaired) electrons. The summed E-state index contributed by atoms with van der Waals surface area (Å²) in [6.07, 6.45) is 1.61. The largest absolute Gasteiger partial charge is 0.456 e. The Morgan fingerprint density at radius 2 is 1.78 bits per heavy atom. The molecule has 1 amide bonds. The second-order valence-corrected chi connectivity index (χ2v) is 8.72. The standard InChI is InChI=1S/C24H21N3O4S/c1-13-5-7-19(16(4)9-13)25-24-26-23(28)22(32-24)12-17-6-8-21(31-17)18-10-14(2)15(3)11-20(18)27(29)30/h5-12H,1-4H3,(H,25,26,28)/b22-12-. The minimum atomic E-state index is -0.418. The van der Waals surface area contributed by atoms with Crippen LogP contribution in [0.25, 0.3) is 17.4 Å². The molecule has 2 aromatic carbocycles. The minimum absolute atomic E-state index is 0.0162. The van der Waals surface area contributed by atoms with Gasteiger partial charge in [0.25, 0.3) is 11.6 Å². The molecule has 0 spiro atoms. The molecule has 1 aliphatic heterocycles. The van der Waals surface area contributed by atoms with Crippen LogP contribution in [0.1, 0.15) is 28.0 Å². The van der Waals surface area contributed by atoms with E-state index >= 15 is 0 Å². The summed E-state index contributed by atoms with van der Waals surface area (Å²) >= 11 is 1.22. The molecule has 8 heteroatoms. The Labute approximate surface area is 189 Å². The Morgan fingerprint density at radius 3 is 2.50 bits per heavy atom. The Kier molecular flexibility index (Phi) is 5.71. The monoisotopic (exact) mass is 447 g/mol. The number of nitro groups is 1. The summed E-state index contributed by atoms with van der Waals surface area (Å²) in [5, 5.41) is 14.8. The van der Waals surface area contributed by atoms with Crippen molar-refractivity contribution in [3.63, 3.8) is 0 Å². The number of furan rings is 1. The Balaban J connectivity index is 1.61. The summed E-state index contributed by atoms with van der Waals surface area (Å²) in [7, 11) is 0. The lowest BCUT2D eigenvalue weighted by Crippen LogP contribution is -2.19. The van der Waals surface area contributed by atoms with Crippen LogP contribution in [0.5, 0.6) is 0 Å². The molecule has 2 heterocycles. The molecule has 4 rings (SSSR count). The zero-order valence-electron chi connectivity index (χ0n) is 18.1. The summed E-state index contributed by atoms with van der Waals surface area (Å²) < 4.78 is 5.84. The first kappa shape index (κ1) is 21.6. The Hall–Kier alpha value is -3.65. The third-order valence-corrected chi connectivity index (χ3v) is 6.11. The zero-order valence-corrected chi connectivity index (χ0v) is 18.9. The maximum absolute atomic E-state index is 12.4. The molecule has 1 saturated heterocycles. The third-order valence-electron chi connectivity index (χ3n) is 5.20. The van der Waals surface area contributed by atoms with Gasteiger partial charge >= 0.3 is 0 Å². The number of amides is 1. The van der Waals surface area contributed by atoms with Crippen LogP contribution in [0.4, 0.5) is 11.4 Å². The molecule has 1 aliphatic rings. The number of carbonyl (C=O) groups excluding carboxylic acids is 1. The molecular formula is C24H21N3O4S. The Morgan fingerprint density at radius 1 is 1.03 bits per heavy atom. The fourth-order valence-electron chi connectivity index (χ4n) is 3.37. The van der Waals surface area contributed by atoms with Gasteiger partial charge in [0, 0.05) is 12.1 Å². The third kappa shape index (κ3) is 4.36. The highest BCUT2D eigenvalue weighted by molar-refractivity contribution is 8.18. The number of hydrogen-bond donors (Lipinski definition) is 1. The average Bonchev–Trinajstić information content (AvgIpc) is 3.32. The molecule has 1 fully saturated rings. The van der Waals surface area contributed by atoms with Crippen LogP contribution in [0.2, 0.25) is 0 Å². The van der Waals surface area contributed by atoms with Crippen molar-refractivity contribution in [3.8, 4) is 11.3 Å². The van der Waals surface area contributed by atoms with Gasteiger partial charge in [0.05, 0.1) is 21.1 Å². The predicted molar refractivity (Wildman–Crippen MR) is 127 cm³/mol. The van der Waals surface area contributed by atoms with Crippen molar-refractivity contribution in [2.24, 2.45) is 4.99 Å². The number of hydrogen-bond acceptors (Lipinski definition) is 6. The van der Waals surface area contributed by atoms with Crippen LogP contribution < -0.4 is 5.32 Å². The van der Waals surface area contributed by atoms with Crippen LogP contribution >= 0.6 is 11.8 Å². The molecule has 0 aliphatic carbocycles. The SMILES string of the molecule is Cc1ccc(N=C2NC(=O)/C(=C/c3ccc(-c4cc(C)c(C)cc4[N+](=O)[O-])o3)S2)c(C)c1. The van der Waals surface area contributed by atoms with E-state index in [1.54, 1.807) is 30.3 Å². The molecule has 0 unspecified atom stereocenters. The normalized spacial score (nSPS) is 16.1. The second kappa shape index (κ2) is 8.47. The van der Waals surface area contributed by atoms with E-state index in [4.69, 9.17) is 4.42 Å². The van der Waals surface area contributed by atoms with Crippen molar-refractivity contribution >= 4 is 40.3 Å². The van der Waals surface area contributed by atoms with Crippen LogP contribution in [-0.2, 0) is 4.79 Å². The first-order chi connectivity index (χ1) is 15.2. The van der Waals surface area contributed by atoms with Gasteiger partial charge in [-0.05, 0) is 80.4 Å². The van der Waals surface area contributed by atoms with Crippen LogP contribution in [0, 0.1) is 37.8 Å². The molecule has 162 valence electrons. The van der Waals surface area contributed by atoms with Crippen molar-refractivity contribution in [1.82, 2.24) is 5.32 Å². The van der Waals surface area contributed by atoms with E-state index in [1.165, 1.54) is 11.8 Å². The van der Waals surface area contributed by atoms with Crippen molar-refractivity contribution < 1.29 is 14.1 Å². The number of rotatable bonds is 4. The summed E-state index contributed by atoms with van der Waals surface area (Å²) in [6.45, 7) is 7.71. The highest BCUT2D eigenvalue weighted by Gasteiger charge is 2.25. The zero-order chi connectivity index (χ0) is 23.0. The smallest absolute Gasteiger partial charge is 0.280 e. The first-order valence-corrected chi connectivity index (χ1v) is 10.8. The van der Waals surface area contributed by atoms with Gasteiger partial charge in [-0.15, -0.1) is 0 Å². The number of nitro benzene ring substituents is 1. The van der Waals surface area contributed by atoms with Gasteiger partial charge < -0.3 is 9.73 Å². The molecule has 0 bridgehead atoms. The van der Waals surface area contributed by atoms with Gasteiger partial charge in [-0.1, -0.05) is 17.7 Å². The second-order valence-electron chi connectivity index (χ2n) is 7.68. The Bertz CT molecular complexity index is 1320. The molecule has 7 nitrogen and oxygen atoms in total. The molecule has 1 N–H and O–H groups in total. The minimum Gasteiger partial charge on any atom is -0.456 e. The summed E-state index contributed by atoms with van der Waals surface area (Å²) in [5.74, 6) is 0.533. The van der Waals surface area contributed by atoms with Crippen molar-refractivity contribution in [2.45, 2.75) is 27.7 Å². The molecule has 3 aromatic rings. The van der Waals surface area contributed by atoms with Gasteiger partial charge in [-0.3, -0.25) is 14.9 Å². The lowest BCUT2D eigenvalue weighted by molar-refractivity contribution is -0.384. The number of carbonyl (C=O) groups is 1. The van der Waals surface area contributed by atoms with Crippen molar-refractivity contribution in [3.05, 3.63) is 85.5 Å². The summed E-state index contributed by atoms with van der Waals surface area (Å²) in [4.78, 5) is 28.5. The summed E-state index contributed by atoms with van der Waals surface area (Å²) in [5.41, 5.74) is 5.12. The van der Waals surface area contributed by atoms with E-state index in [0.29, 0.717) is 27.2 Å². The van der Waals surface area contributed by atoms with Crippen LogP contribution in [0.15, 0.2) is 56.8 Å². The molecule has 0 atom stereocenters. The molecular weight excluding hydrogens is 426 g/mol. The number of amidine groups is 1. The van der Waals surface area contributed by atoms with E-state index in [0.717, 1.165) is 27.9 Å².